The van der Waals surface area contributed by atoms with Gasteiger partial charge in [-0.1, -0.05) is 6.92 Å². The molecular weight excluding hydrogens is 278 g/mol. The Morgan fingerprint density at radius 2 is 2.14 bits per heavy atom. The second-order valence-electron chi connectivity index (χ2n) is 5.63. The smallest absolute Gasteiger partial charge is 0.254 e. The van der Waals surface area contributed by atoms with Gasteiger partial charge in [0.2, 0.25) is 0 Å². The van der Waals surface area contributed by atoms with Crippen LogP contribution < -0.4 is 0 Å². The molecule has 1 atom stereocenters. The molecule has 3 heterocycles. The summed E-state index contributed by atoms with van der Waals surface area (Å²) >= 11 is 0. The SMILES string of the molecule is CCCn1cnnc1C1CCCCN1C(=O)c1ccncc1. The van der Waals surface area contributed by atoms with Gasteiger partial charge in [0.1, 0.15) is 6.33 Å². The monoisotopic (exact) mass is 299 g/mol. The Morgan fingerprint density at radius 1 is 1.32 bits per heavy atom. The fourth-order valence-corrected chi connectivity index (χ4v) is 3.04. The lowest BCUT2D eigenvalue weighted by atomic mass is 10.00. The second-order valence-corrected chi connectivity index (χ2v) is 5.63. The minimum atomic E-state index is 0.0171. The zero-order chi connectivity index (χ0) is 15.4. The summed E-state index contributed by atoms with van der Waals surface area (Å²) in [6, 6.07) is 3.55. The van der Waals surface area contributed by atoms with Crippen LogP contribution in [0.3, 0.4) is 0 Å². The van der Waals surface area contributed by atoms with Crippen LogP contribution in [0.2, 0.25) is 0 Å². The molecule has 116 valence electrons. The number of carbonyl (C=O) groups is 1. The summed E-state index contributed by atoms with van der Waals surface area (Å²) in [4.78, 5) is 18.7. The lowest BCUT2D eigenvalue weighted by molar-refractivity contribution is 0.0594. The molecule has 3 rings (SSSR count). The Kier molecular flexibility index (Phi) is 4.46. The molecule has 1 amide bonds. The Bertz CT molecular complexity index is 624. The number of hydrogen-bond acceptors (Lipinski definition) is 4. The van der Waals surface area contributed by atoms with Gasteiger partial charge in [-0.25, -0.2) is 0 Å². The van der Waals surface area contributed by atoms with Gasteiger partial charge in [-0.05, 0) is 37.8 Å². The topological polar surface area (TPSA) is 63.9 Å². The quantitative estimate of drug-likeness (QED) is 0.870. The zero-order valence-electron chi connectivity index (χ0n) is 12.9. The van der Waals surface area contributed by atoms with Crippen LogP contribution in [0.4, 0.5) is 0 Å². The molecule has 0 N–H and O–H groups in total. The molecule has 0 bridgehead atoms. The van der Waals surface area contributed by atoms with Crippen LogP contribution in [-0.2, 0) is 6.54 Å². The number of nitrogens with zero attached hydrogens (tertiary/aromatic N) is 5. The van der Waals surface area contributed by atoms with Crippen molar-refractivity contribution in [2.24, 2.45) is 0 Å². The van der Waals surface area contributed by atoms with Gasteiger partial charge in [0.15, 0.2) is 5.82 Å². The summed E-state index contributed by atoms with van der Waals surface area (Å²) in [5.74, 6) is 0.960. The van der Waals surface area contributed by atoms with Crippen molar-refractivity contribution < 1.29 is 4.79 Å². The third kappa shape index (κ3) is 2.86. The fourth-order valence-electron chi connectivity index (χ4n) is 3.04. The van der Waals surface area contributed by atoms with E-state index < -0.39 is 0 Å². The van der Waals surface area contributed by atoms with Crippen molar-refractivity contribution in [1.82, 2.24) is 24.6 Å². The van der Waals surface area contributed by atoms with Crippen LogP contribution in [-0.4, -0.2) is 37.1 Å². The molecule has 2 aromatic heterocycles. The molecular formula is C16H21N5O. The summed E-state index contributed by atoms with van der Waals surface area (Å²) in [5, 5.41) is 8.34. The molecule has 0 saturated carbocycles. The molecule has 22 heavy (non-hydrogen) atoms. The molecule has 1 fully saturated rings. The lowest BCUT2D eigenvalue weighted by Crippen LogP contribution is -2.39. The first-order chi connectivity index (χ1) is 10.8. The number of piperidine rings is 1. The number of aromatic nitrogens is 4. The Morgan fingerprint density at radius 3 is 2.91 bits per heavy atom. The number of pyridine rings is 1. The van der Waals surface area contributed by atoms with Crippen LogP contribution in [0, 0.1) is 0 Å². The molecule has 6 heteroatoms. The van der Waals surface area contributed by atoms with Crippen LogP contribution >= 0.6 is 0 Å². The number of rotatable bonds is 4. The molecule has 0 aliphatic carbocycles. The van der Waals surface area contributed by atoms with Gasteiger partial charge in [0, 0.05) is 31.0 Å². The minimum absolute atomic E-state index is 0.0171. The van der Waals surface area contributed by atoms with Crippen molar-refractivity contribution in [3.8, 4) is 0 Å². The van der Waals surface area contributed by atoms with E-state index in [1.54, 1.807) is 30.9 Å². The minimum Gasteiger partial charge on any atom is -0.328 e. The number of carbonyl (C=O) groups excluding carboxylic acids is 1. The highest BCUT2D eigenvalue weighted by atomic mass is 16.2. The number of hydrogen-bond donors (Lipinski definition) is 0. The van der Waals surface area contributed by atoms with Crippen molar-refractivity contribution in [3.05, 3.63) is 42.2 Å². The summed E-state index contributed by atoms with van der Waals surface area (Å²) in [6.07, 6.45) is 9.20. The van der Waals surface area contributed by atoms with E-state index in [4.69, 9.17) is 0 Å². The highest BCUT2D eigenvalue weighted by Gasteiger charge is 2.31. The van der Waals surface area contributed by atoms with Crippen molar-refractivity contribution in [2.75, 3.05) is 6.54 Å². The molecule has 6 nitrogen and oxygen atoms in total. The second kappa shape index (κ2) is 6.68. The summed E-state index contributed by atoms with van der Waals surface area (Å²) in [6.45, 7) is 3.78. The lowest BCUT2D eigenvalue weighted by Gasteiger charge is -2.35. The standard InChI is InChI=1S/C16H21N5O/c1-2-10-20-12-18-19-15(20)14-5-3-4-11-21(14)16(22)13-6-8-17-9-7-13/h6-9,12,14H,2-5,10-11H2,1H3. The molecule has 0 spiro atoms. The Hall–Kier alpha value is -2.24. The van der Waals surface area contributed by atoms with Crippen LogP contribution in [0.5, 0.6) is 0 Å². The van der Waals surface area contributed by atoms with Gasteiger partial charge in [0.25, 0.3) is 5.91 Å². The molecule has 0 aromatic carbocycles. The van der Waals surface area contributed by atoms with Crippen molar-refractivity contribution in [2.45, 2.75) is 45.2 Å². The van der Waals surface area contributed by atoms with Gasteiger partial charge in [-0.15, -0.1) is 10.2 Å². The fraction of sp³-hybridized carbons (Fsp3) is 0.500. The first kappa shape index (κ1) is 14.7. The van der Waals surface area contributed by atoms with E-state index in [1.807, 2.05) is 4.90 Å². The van der Waals surface area contributed by atoms with Gasteiger partial charge < -0.3 is 9.47 Å². The highest BCUT2D eigenvalue weighted by Crippen LogP contribution is 2.31. The van der Waals surface area contributed by atoms with Crippen LogP contribution in [0.25, 0.3) is 0 Å². The molecule has 1 unspecified atom stereocenters. The summed E-state index contributed by atoms with van der Waals surface area (Å²) < 4.78 is 2.07. The maximum Gasteiger partial charge on any atom is 0.254 e. The van der Waals surface area contributed by atoms with Gasteiger partial charge in [0.05, 0.1) is 6.04 Å². The summed E-state index contributed by atoms with van der Waals surface area (Å²) in [7, 11) is 0. The average molecular weight is 299 g/mol. The Labute approximate surface area is 130 Å². The first-order valence-corrected chi connectivity index (χ1v) is 7.90. The number of aryl methyl sites for hydroxylation is 1. The molecule has 2 aromatic rings. The van der Waals surface area contributed by atoms with Crippen LogP contribution in [0.1, 0.15) is 54.8 Å². The van der Waals surface area contributed by atoms with E-state index in [1.165, 1.54) is 0 Å². The van der Waals surface area contributed by atoms with E-state index in [-0.39, 0.29) is 11.9 Å². The normalized spacial score (nSPS) is 18.4. The van der Waals surface area contributed by atoms with Crippen LogP contribution in [0.15, 0.2) is 30.9 Å². The van der Waals surface area contributed by atoms with Crippen molar-refractivity contribution in [3.63, 3.8) is 0 Å². The molecule has 0 radical (unpaired) electrons. The molecule has 1 aliphatic rings. The van der Waals surface area contributed by atoms with E-state index in [9.17, 15) is 4.79 Å². The van der Waals surface area contributed by atoms with E-state index in [2.05, 4.69) is 26.7 Å². The predicted molar refractivity (Wildman–Crippen MR) is 82.2 cm³/mol. The number of likely N-dealkylation sites (tertiary alicyclic amines) is 1. The molecule has 1 saturated heterocycles. The van der Waals surface area contributed by atoms with Gasteiger partial charge >= 0.3 is 0 Å². The zero-order valence-corrected chi connectivity index (χ0v) is 12.9. The van der Waals surface area contributed by atoms with Gasteiger partial charge in [-0.2, -0.15) is 0 Å². The maximum absolute atomic E-state index is 12.8. The third-order valence-corrected chi connectivity index (χ3v) is 4.10. The maximum atomic E-state index is 12.8. The predicted octanol–water partition coefficient (Wildman–Crippen LogP) is 2.45. The Balaban J connectivity index is 1.88. The summed E-state index contributed by atoms with van der Waals surface area (Å²) in [5.41, 5.74) is 0.684. The van der Waals surface area contributed by atoms with E-state index in [0.29, 0.717) is 5.56 Å². The molecule has 1 aliphatic heterocycles. The van der Waals surface area contributed by atoms with Crippen molar-refractivity contribution in [1.29, 1.82) is 0 Å². The highest BCUT2D eigenvalue weighted by molar-refractivity contribution is 5.94. The van der Waals surface area contributed by atoms with E-state index in [0.717, 1.165) is 44.6 Å². The third-order valence-electron chi connectivity index (χ3n) is 4.10. The van der Waals surface area contributed by atoms with Crippen molar-refractivity contribution >= 4 is 5.91 Å². The van der Waals surface area contributed by atoms with E-state index >= 15 is 0 Å². The first-order valence-electron chi connectivity index (χ1n) is 7.90. The average Bonchev–Trinajstić information content (AvgIpc) is 3.03. The largest absolute Gasteiger partial charge is 0.328 e. The van der Waals surface area contributed by atoms with Gasteiger partial charge in [-0.3, -0.25) is 9.78 Å². The number of amides is 1.